The van der Waals surface area contributed by atoms with E-state index < -0.39 is 0 Å². The van der Waals surface area contributed by atoms with E-state index in [1.165, 1.54) is 11.8 Å². The molecule has 2 heterocycles. The van der Waals surface area contributed by atoms with Gasteiger partial charge in [0.15, 0.2) is 0 Å². The quantitative estimate of drug-likeness (QED) is 0.160. The van der Waals surface area contributed by atoms with Crippen molar-refractivity contribution in [3.63, 3.8) is 0 Å². The SMILES string of the molecule is CCCCCN1C(=O)C(=Cc2cn(-c3ccccc3)nc2-c2ccc(OCC(C)C)c(C)c2)SC1=S. The Hall–Kier alpha value is -2.90. The van der Waals surface area contributed by atoms with E-state index in [-0.39, 0.29) is 5.91 Å². The number of carbonyl (C=O) groups is 1. The molecule has 0 unspecified atom stereocenters. The summed E-state index contributed by atoms with van der Waals surface area (Å²) in [4.78, 5) is 15.5. The fourth-order valence-electron chi connectivity index (χ4n) is 4.00. The van der Waals surface area contributed by atoms with Gasteiger partial charge in [0.1, 0.15) is 15.8 Å². The van der Waals surface area contributed by atoms with Gasteiger partial charge in [-0.15, -0.1) is 0 Å². The summed E-state index contributed by atoms with van der Waals surface area (Å²) < 4.78 is 8.46. The van der Waals surface area contributed by atoms with Crippen LogP contribution in [0.4, 0.5) is 0 Å². The summed E-state index contributed by atoms with van der Waals surface area (Å²) in [6.07, 6.45) is 7.05. The normalized spacial score (nSPS) is 14.9. The Labute approximate surface area is 223 Å². The van der Waals surface area contributed by atoms with Gasteiger partial charge in [-0.25, -0.2) is 4.68 Å². The molecule has 7 heteroatoms. The van der Waals surface area contributed by atoms with Crippen molar-refractivity contribution in [1.82, 2.24) is 14.7 Å². The molecule has 0 aliphatic carbocycles. The molecule has 0 atom stereocenters. The maximum Gasteiger partial charge on any atom is 0.266 e. The Morgan fingerprint density at radius 1 is 1.14 bits per heavy atom. The van der Waals surface area contributed by atoms with Crippen molar-refractivity contribution in [3.8, 4) is 22.7 Å². The molecule has 5 nitrogen and oxygen atoms in total. The van der Waals surface area contributed by atoms with Gasteiger partial charge in [0, 0.05) is 23.9 Å². The average molecular weight is 520 g/mol. The summed E-state index contributed by atoms with van der Waals surface area (Å²) in [5.41, 5.74) is 4.68. The van der Waals surface area contributed by atoms with Crippen LogP contribution in [0, 0.1) is 12.8 Å². The average Bonchev–Trinajstić information content (AvgIpc) is 3.40. The number of thioether (sulfide) groups is 1. The molecule has 1 saturated heterocycles. The highest BCUT2D eigenvalue weighted by Gasteiger charge is 2.32. The number of benzene rings is 2. The molecule has 0 spiro atoms. The highest BCUT2D eigenvalue weighted by Crippen LogP contribution is 2.36. The van der Waals surface area contributed by atoms with Crippen LogP contribution in [0.2, 0.25) is 0 Å². The molecule has 1 aliphatic rings. The third kappa shape index (κ3) is 6.08. The first-order valence-corrected chi connectivity index (χ1v) is 13.7. The van der Waals surface area contributed by atoms with Crippen LogP contribution in [-0.2, 0) is 4.79 Å². The number of thiocarbonyl (C=S) groups is 1. The number of ether oxygens (including phenoxy) is 1. The predicted octanol–water partition coefficient (Wildman–Crippen LogP) is 7.27. The summed E-state index contributed by atoms with van der Waals surface area (Å²) >= 11 is 6.91. The summed E-state index contributed by atoms with van der Waals surface area (Å²) in [6.45, 7) is 9.82. The van der Waals surface area contributed by atoms with Gasteiger partial charge in [-0.1, -0.05) is 75.8 Å². The van der Waals surface area contributed by atoms with Crippen LogP contribution >= 0.6 is 24.0 Å². The van der Waals surface area contributed by atoms with Crippen LogP contribution in [-0.4, -0.2) is 38.1 Å². The Morgan fingerprint density at radius 3 is 2.61 bits per heavy atom. The van der Waals surface area contributed by atoms with Crippen molar-refractivity contribution in [3.05, 3.63) is 70.8 Å². The largest absolute Gasteiger partial charge is 0.493 e. The topological polar surface area (TPSA) is 47.4 Å². The number of hydrogen-bond donors (Lipinski definition) is 0. The van der Waals surface area contributed by atoms with Crippen LogP contribution in [0.5, 0.6) is 5.75 Å². The van der Waals surface area contributed by atoms with Crippen molar-refractivity contribution >= 4 is 40.3 Å². The fourth-order valence-corrected chi connectivity index (χ4v) is 5.30. The van der Waals surface area contributed by atoms with E-state index in [2.05, 4.69) is 33.8 Å². The van der Waals surface area contributed by atoms with Crippen molar-refractivity contribution in [2.75, 3.05) is 13.2 Å². The second kappa shape index (κ2) is 11.9. The van der Waals surface area contributed by atoms with Gasteiger partial charge in [-0.2, -0.15) is 5.10 Å². The van der Waals surface area contributed by atoms with E-state index >= 15 is 0 Å². The minimum absolute atomic E-state index is 0.0203. The van der Waals surface area contributed by atoms with Gasteiger partial charge in [-0.05, 0) is 61.2 Å². The first kappa shape index (κ1) is 26.2. The number of hydrogen-bond acceptors (Lipinski definition) is 5. The lowest BCUT2D eigenvalue weighted by atomic mass is 10.0. The molecule has 2 aromatic carbocycles. The number of aromatic nitrogens is 2. The number of unbranched alkanes of at least 4 members (excludes halogenated alkanes) is 2. The van der Waals surface area contributed by atoms with Gasteiger partial charge in [-0.3, -0.25) is 9.69 Å². The number of para-hydroxylation sites is 1. The summed E-state index contributed by atoms with van der Waals surface area (Å²) in [5.74, 6) is 1.32. The standard InChI is InChI=1S/C29H33N3O2S2/c1-5-6-10-15-31-28(33)26(36-29(31)35)17-23-18-32(24-11-8-7-9-12-24)30-27(23)22-13-14-25(21(4)16-22)34-19-20(2)3/h7-9,11-14,16-18,20H,5-6,10,15,19H2,1-4H3. The van der Waals surface area contributed by atoms with Crippen LogP contribution in [0.1, 0.15) is 51.2 Å². The fraction of sp³-hybridized carbons (Fsp3) is 0.345. The number of amides is 1. The van der Waals surface area contributed by atoms with Gasteiger partial charge >= 0.3 is 0 Å². The van der Waals surface area contributed by atoms with Crippen molar-refractivity contribution in [2.45, 2.75) is 47.0 Å². The maximum absolute atomic E-state index is 13.2. The Morgan fingerprint density at radius 2 is 1.92 bits per heavy atom. The molecule has 0 saturated carbocycles. The zero-order valence-electron chi connectivity index (χ0n) is 21.4. The monoisotopic (exact) mass is 519 g/mol. The third-order valence-corrected chi connectivity index (χ3v) is 7.31. The van der Waals surface area contributed by atoms with E-state index in [1.807, 2.05) is 59.4 Å². The van der Waals surface area contributed by atoms with E-state index in [0.717, 1.165) is 53.1 Å². The molecular formula is C29H33N3O2S2. The molecule has 0 radical (unpaired) electrons. The van der Waals surface area contributed by atoms with Gasteiger partial charge in [0.2, 0.25) is 0 Å². The highest BCUT2D eigenvalue weighted by molar-refractivity contribution is 8.26. The molecule has 1 aromatic heterocycles. The number of carbonyl (C=O) groups excluding carboxylic acids is 1. The third-order valence-electron chi connectivity index (χ3n) is 5.93. The van der Waals surface area contributed by atoms with E-state index in [0.29, 0.717) is 28.3 Å². The molecule has 3 aromatic rings. The lowest BCUT2D eigenvalue weighted by molar-refractivity contribution is -0.122. The van der Waals surface area contributed by atoms with Crippen molar-refractivity contribution in [2.24, 2.45) is 5.92 Å². The van der Waals surface area contributed by atoms with Crippen LogP contribution < -0.4 is 4.74 Å². The molecule has 188 valence electrons. The minimum Gasteiger partial charge on any atom is -0.493 e. The zero-order chi connectivity index (χ0) is 25.7. The molecule has 4 rings (SSSR count). The minimum atomic E-state index is -0.0203. The maximum atomic E-state index is 13.2. The van der Waals surface area contributed by atoms with Crippen molar-refractivity contribution in [1.29, 1.82) is 0 Å². The van der Waals surface area contributed by atoms with Crippen LogP contribution in [0.15, 0.2) is 59.6 Å². The summed E-state index contributed by atoms with van der Waals surface area (Å²) in [6, 6.07) is 16.1. The van der Waals surface area contributed by atoms with E-state index in [9.17, 15) is 4.79 Å². The van der Waals surface area contributed by atoms with Crippen LogP contribution in [0.3, 0.4) is 0 Å². The second-order valence-corrected chi connectivity index (χ2v) is 11.1. The Kier molecular flexibility index (Phi) is 8.64. The highest BCUT2D eigenvalue weighted by atomic mass is 32.2. The first-order valence-electron chi connectivity index (χ1n) is 12.5. The zero-order valence-corrected chi connectivity index (χ0v) is 23.0. The first-order chi connectivity index (χ1) is 17.4. The smallest absolute Gasteiger partial charge is 0.266 e. The lowest BCUT2D eigenvalue weighted by Gasteiger charge is -2.13. The molecule has 1 amide bonds. The molecule has 36 heavy (non-hydrogen) atoms. The number of rotatable bonds is 10. The molecule has 1 aliphatic heterocycles. The van der Waals surface area contributed by atoms with Gasteiger partial charge in [0.05, 0.1) is 17.2 Å². The van der Waals surface area contributed by atoms with Gasteiger partial charge in [0.25, 0.3) is 5.91 Å². The molecular weight excluding hydrogens is 486 g/mol. The molecule has 0 bridgehead atoms. The second-order valence-electron chi connectivity index (χ2n) is 9.44. The van der Waals surface area contributed by atoms with Crippen molar-refractivity contribution < 1.29 is 9.53 Å². The lowest BCUT2D eigenvalue weighted by Crippen LogP contribution is -2.28. The Bertz CT molecular complexity index is 1260. The molecule has 0 N–H and O–H groups in total. The predicted molar refractivity (Wildman–Crippen MR) is 153 cm³/mol. The summed E-state index contributed by atoms with van der Waals surface area (Å²) in [7, 11) is 0. The van der Waals surface area contributed by atoms with E-state index in [4.69, 9.17) is 22.1 Å². The number of aryl methyl sites for hydroxylation is 1. The van der Waals surface area contributed by atoms with Crippen LogP contribution in [0.25, 0.3) is 23.0 Å². The van der Waals surface area contributed by atoms with E-state index in [1.54, 1.807) is 4.90 Å². The summed E-state index contributed by atoms with van der Waals surface area (Å²) in [5, 5.41) is 4.93. The Balaban J connectivity index is 1.70. The molecule has 1 fully saturated rings. The number of nitrogens with zero attached hydrogens (tertiary/aromatic N) is 3. The van der Waals surface area contributed by atoms with Gasteiger partial charge < -0.3 is 4.74 Å².